The monoisotopic (exact) mass is 313 g/mol. The Morgan fingerprint density at radius 3 is 2.67 bits per heavy atom. The van der Waals surface area contributed by atoms with E-state index in [2.05, 4.69) is 10.3 Å². The molecular weight excluding hydrogens is 299 g/mol. The molecule has 0 aliphatic heterocycles. The second kappa shape index (κ2) is 6.26. The number of aromatic nitrogens is 1. The Morgan fingerprint density at radius 1 is 1.29 bits per heavy atom. The van der Waals surface area contributed by atoms with Crippen molar-refractivity contribution in [1.29, 1.82) is 0 Å². The molecule has 0 unspecified atom stereocenters. The molecule has 0 saturated heterocycles. The Labute approximate surface area is 125 Å². The molecule has 0 amide bonds. The van der Waals surface area contributed by atoms with Crippen LogP contribution in [0.4, 0.5) is 18.9 Å². The third-order valence-corrected chi connectivity index (χ3v) is 3.20. The lowest BCUT2D eigenvalue weighted by molar-refractivity contribution is -0.134. The van der Waals surface area contributed by atoms with Crippen molar-refractivity contribution in [3.05, 3.63) is 36.0 Å². The fourth-order valence-corrected chi connectivity index (χ4v) is 2.18. The quantitative estimate of drug-likeness (QED) is 0.654. The number of rotatable bonds is 5. The van der Waals surface area contributed by atoms with Crippen molar-refractivity contribution in [3.63, 3.8) is 0 Å². The second-order valence-electron chi connectivity index (χ2n) is 4.57. The summed E-state index contributed by atoms with van der Waals surface area (Å²) in [7, 11) is 0. The molecular formula is C14H14F3N3S. The molecule has 0 aliphatic rings. The topological polar surface area (TPSA) is 50.9 Å². The number of anilines is 1. The van der Waals surface area contributed by atoms with Crippen molar-refractivity contribution in [2.75, 3.05) is 11.9 Å². The predicted octanol–water partition coefficient (Wildman–Crippen LogP) is 3.62. The first-order chi connectivity index (χ1) is 9.88. The summed E-state index contributed by atoms with van der Waals surface area (Å²) in [5, 5.41) is 3.79. The van der Waals surface area contributed by atoms with Crippen LogP contribution in [0.3, 0.4) is 0 Å². The summed E-state index contributed by atoms with van der Waals surface area (Å²) in [6.45, 7) is 0.184. The Morgan fingerprint density at radius 2 is 2.00 bits per heavy atom. The van der Waals surface area contributed by atoms with Crippen molar-refractivity contribution < 1.29 is 13.2 Å². The zero-order valence-electron chi connectivity index (χ0n) is 11.1. The lowest BCUT2D eigenvalue weighted by atomic mass is 10.1. The molecule has 1 aromatic heterocycles. The molecule has 112 valence electrons. The molecule has 7 heteroatoms. The van der Waals surface area contributed by atoms with E-state index in [4.69, 9.17) is 18.0 Å². The summed E-state index contributed by atoms with van der Waals surface area (Å²) in [6, 6.07) is 7.31. The first-order valence-corrected chi connectivity index (χ1v) is 6.77. The third-order valence-electron chi connectivity index (χ3n) is 2.98. The minimum Gasteiger partial charge on any atom is -0.389 e. The Bertz CT molecular complexity index is 655. The average molecular weight is 313 g/mol. The summed E-state index contributed by atoms with van der Waals surface area (Å²) >= 11 is 4.97. The number of hydrogen-bond donors (Lipinski definition) is 2. The van der Waals surface area contributed by atoms with Crippen LogP contribution in [0.5, 0.6) is 0 Å². The van der Waals surface area contributed by atoms with E-state index < -0.39 is 12.6 Å². The van der Waals surface area contributed by atoms with Gasteiger partial charge in [0.25, 0.3) is 0 Å². The van der Waals surface area contributed by atoms with Gasteiger partial charge in [0.15, 0.2) is 0 Å². The largest absolute Gasteiger partial charge is 0.389 e. The zero-order chi connectivity index (χ0) is 15.5. The van der Waals surface area contributed by atoms with Crippen molar-refractivity contribution in [2.24, 2.45) is 5.73 Å². The standard InChI is InChI=1S/C14H14F3N3S/c15-14(16,17)6-3-7-19-12-9-4-1-2-5-11(9)20-8-10(12)13(18)21/h1-2,4-5,8H,3,6-7H2,(H2,18,21)(H,19,20). The van der Waals surface area contributed by atoms with Crippen LogP contribution in [0, 0.1) is 0 Å². The molecule has 3 N–H and O–H groups in total. The van der Waals surface area contributed by atoms with Gasteiger partial charge in [0.1, 0.15) is 4.99 Å². The number of benzene rings is 1. The smallest absolute Gasteiger partial charge is 0.389 e. The van der Waals surface area contributed by atoms with Gasteiger partial charge in [-0.15, -0.1) is 0 Å². The highest BCUT2D eigenvalue weighted by atomic mass is 32.1. The molecule has 0 aliphatic carbocycles. The van der Waals surface area contributed by atoms with Crippen LogP contribution in [0.1, 0.15) is 18.4 Å². The van der Waals surface area contributed by atoms with E-state index in [1.54, 1.807) is 0 Å². The zero-order valence-corrected chi connectivity index (χ0v) is 11.9. The number of halogens is 3. The van der Waals surface area contributed by atoms with Gasteiger partial charge < -0.3 is 11.1 Å². The number of thiocarbonyl (C=S) groups is 1. The van der Waals surface area contributed by atoms with E-state index in [9.17, 15) is 13.2 Å². The molecule has 2 rings (SSSR count). The van der Waals surface area contributed by atoms with Crippen molar-refractivity contribution in [3.8, 4) is 0 Å². The van der Waals surface area contributed by atoms with Gasteiger partial charge in [-0.05, 0) is 12.5 Å². The molecule has 0 saturated carbocycles. The normalized spacial score (nSPS) is 11.6. The molecule has 0 fully saturated rings. The minimum atomic E-state index is -4.14. The van der Waals surface area contributed by atoms with E-state index in [0.29, 0.717) is 11.3 Å². The second-order valence-corrected chi connectivity index (χ2v) is 5.01. The van der Waals surface area contributed by atoms with Crippen LogP contribution in [0.25, 0.3) is 10.9 Å². The number of alkyl halides is 3. The fraction of sp³-hybridized carbons (Fsp3) is 0.286. The molecule has 0 radical (unpaired) electrons. The van der Waals surface area contributed by atoms with Gasteiger partial charge in [-0.2, -0.15) is 13.2 Å². The van der Waals surface area contributed by atoms with Gasteiger partial charge in [0, 0.05) is 24.5 Å². The van der Waals surface area contributed by atoms with Crippen LogP contribution in [0.2, 0.25) is 0 Å². The Hall–Kier alpha value is -1.89. The highest BCUT2D eigenvalue weighted by Crippen LogP contribution is 2.26. The lowest BCUT2D eigenvalue weighted by Gasteiger charge is -2.14. The summed E-state index contributed by atoms with van der Waals surface area (Å²) in [6.07, 6.45) is -3.45. The van der Waals surface area contributed by atoms with E-state index in [0.717, 1.165) is 10.9 Å². The van der Waals surface area contributed by atoms with Crippen LogP contribution in [-0.4, -0.2) is 22.7 Å². The van der Waals surface area contributed by atoms with Crippen molar-refractivity contribution in [2.45, 2.75) is 19.0 Å². The van der Waals surface area contributed by atoms with E-state index in [1.165, 1.54) is 6.20 Å². The van der Waals surface area contributed by atoms with Gasteiger partial charge in [0.2, 0.25) is 0 Å². The van der Waals surface area contributed by atoms with Gasteiger partial charge in [0.05, 0.1) is 16.8 Å². The molecule has 1 heterocycles. The van der Waals surface area contributed by atoms with Crippen LogP contribution < -0.4 is 11.1 Å². The highest BCUT2D eigenvalue weighted by molar-refractivity contribution is 7.80. The van der Waals surface area contributed by atoms with Gasteiger partial charge in [-0.25, -0.2) is 0 Å². The molecule has 1 aromatic carbocycles. The van der Waals surface area contributed by atoms with E-state index in [-0.39, 0.29) is 18.0 Å². The Kier molecular flexibility index (Phi) is 4.62. The predicted molar refractivity (Wildman–Crippen MR) is 81.4 cm³/mol. The van der Waals surface area contributed by atoms with Gasteiger partial charge >= 0.3 is 6.18 Å². The van der Waals surface area contributed by atoms with Crippen LogP contribution in [-0.2, 0) is 0 Å². The summed E-state index contributed by atoms with van der Waals surface area (Å²) in [5.74, 6) is 0. The minimum absolute atomic E-state index is 0.0169. The number of para-hydroxylation sites is 1. The Balaban J connectivity index is 2.23. The number of nitrogens with zero attached hydrogens (tertiary/aromatic N) is 1. The number of nitrogens with one attached hydrogen (secondary N) is 1. The van der Waals surface area contributed by atoms with Gasteiger partial charge in [-0.3, -0.25) is 4.98 Å². The molecule has 3 nitrogen and oxygen atoms in total. The third kappa shape index (κ3) is 4.04. The maximum Gasteiger partial charge on any atom is 0.389 e. The number of pyridine rings is 1. The SMILES string of the molecule is NC(=S)c1cnc2ccccc2c1NCCCC(F)(F)F. The van der Waals surface area contributed by atoms with Crippen molar-refractivity contribution >= 4 is 33.8 Å². The van der Waals surface area contributed by atoms with Crippen LogP contribution >= 0.6 is 12.2 Å². The van der Waals surface area contributed by atoms with Crippen LogP contribution in [0.15, 0.2) is 30.5 Å². The van der Waals surface area contributed by atoms with Crippen molar-refractivity contribution in [1.82, 2.24) is 4.98 Å². The molecule has 0 spiro atoms. The molecule has 0 atom stereocenters. The summed E-state index contributed by atoms with van der Waals surface area (Å²) < 4.78 is 36.5. The summed E-state index contributed by atoms with van der Waals surface area (Å²) in [4.78, 5) is 4.40. The number of hydrogen-bond acceptors (Lipinski definition) is 3. The average Bonchev–Trinajstić information content (AvgIpc) is 2.42. The maximum atomic E-state index is 12.2. The highest BCUT2D eigenvalue weighted by Gasteiger charge is 2.26. The maximum absolute atomic E-state index is 12.2. The molecule has 21 heavy (non-hydrogen) atoms. The fourth-order valence-electron chi connectivity index (χ4n) is 2.02. The molecule has 0 bridgehead atoms. The first kappa shape index (κ1) is 15.5. The van der Waals surface area contributed by atoms with E-state index in [1.807, 2.05) is 24.3 Å². The first-order valence-electron chi connectivity index (χ1n) is 6.36. The lowest BCUT2D eigenvalue weighted by Crippen LogP contribution is -2.16. The number of fused-ring (bicyclic) bond motifs is 1. The van der Waals surface area contributed by atoms with Gasteiger partial charge in [-0.1, -0.05) is 30.4 Å². The van der Waals surface area contributed by atoms with E-state index >= 15 is 0 Å². The number of nitrogens with two attached hydrogens (primary N) is 1. The molecule has 2 aromatic rings. The summed E-state index contributed by atoms with van der Waals surface area (Å²) in [5.41, 5.74) is 7.55.